The van der Waals surface area contributed by atoms with E-state index in [-0.39, 0.29) is 5.41 Å². The van der Waals surface area contributed by atoms with Gasteiger partial charge in [0.1, 0.15) is 0 Å². The molecule has 0 aliphatic carbocycles. The van der Waals surface area contributed by atoms with E-state index in [4.69, 9.17) is 5.11 Å². The van der Waals surface area contributed by atoms with Gasteiger partial charge in [0, 0.05) is 4.47 Å². The van der Waals surface area contributed by atoms with E-state index in [0.717, 1.165) is 16.5 Å². The molecular formula is C12H15BrO2. The van der Waals surface area contributed by atoms with Crippen molar-refractivity contribution in [2.45, 2.75) is 27.2 Å². The summed E-state index contributed by atoms with van der Waals surface area (Å²) in [5, 5.41) is 8.91. The highest BCUT2D eigenvalue weighted by atomic mass is 79.9. The van der Waals surface area contributed by atoms with Crippen molar-refractivity contribution in [3.63, 3.8) is 0 Å². The van der Waals surface area contributed by atoms with Crippen molar-refractivity contribution in [3.8, 4) is 0 Å². The second-order valence-corrected chi connectivity index (χ2v) is 5.81. The molecule has 0 aliphatic rings. The molecule has 0 aromatic heterocycles. The lowest BCUT2D eigenvalue weighted by Gasteiger charge is -2.18. The van der Waals surface area contributed by atoms with Gasteiger partial charge in [-0.2, -0.15) is 0 Å². The summed E-state index contributed by atoms with van der Waals surface area (Å²) in [6.45, 7) is 6.40. The van der Waals surface area contributed by atoms with Crippen LogP contribution in [0.25, 0.3) is 0 Å². The third kappa shape index (κ3) is 4.04. The molecule has 15 heavy (non-hydrogen) atoms. The lowest BCUT2D eigenvalue weighted by atomic mass is 9.88. The molecule has 0 aliphatic heterocycles. The van der Waals surface area contributed by atoms with Gasteiger partial charge in [0.05, 0.1) is 5.56 Å². The van der Waals surface area contributed by atoms with E-state index < -0.39 is 5.97 Å². The minimum absolute atomic E-state index is 0.163. The molecule has 0 unspecified atom stereocenters. The van der Waals surface area contributed by atoms with E-state index >= 15 is 0 Å². The van der Waals surface area contributed by atoms with Crippen LogP contribution in [0.5, 0.6) is 0 Å². The molecule has 0 heterocycles. The van der Waals surface area contributed by atoms with E-state index in [0.29, 0.717) is 5.56 Å². The number of hydrogen-bond acceptors (Lipinski definition) is 1. The van der Waals surface area contributed by atoms with Crippen molar-refractivity contribution < 1.29 is 9.90 Å². The maximum Gasteiger partial charge on any atom is 0.335 e. The first-order valence-corrected chi connectivity index (χ1v) is 5.60. The third-order valence-electron chi connectivity index (χ3n) is 1.94. The molecular weight excluding hydrogens is 256 g/mol. The van der Waals surface area contributed by atoms with E-state index in [1.807, 2.05) is 6.07 Å². The van der Waals surface area contributed by atoms with Gasteiger partial charge in [-0.25, -0.2) is 4.79 Å². The molecule has 1 aromatic rings. The van der Waals surface area contributed by atoms with Crippen LogP contribution in [0.3, 0.4) is 0 Å². The van der Waals surface area contributed by atoms with E-state index in [9.17, 15) is 4.79 Å². The predicted molar refractivity (Wildman–Crippen MR) is 64.3 cm³/mol. The summed E-state index contributed by atoms with van der Waals surface area (Å²) in [6, 6.07) is 5.32. The van der Waals surface area contributed by atoms with Crippen molar-refractivity contribution >= 4 is 21.9 Å². The van der Waals surface area contributed by atoms with Crippen molar-refractivity contribution in [1.82, 2.24) is 0 Å². The quantitative estimate of drug-likeness (QED) is 0.889. The Morgan fingerprint density at radius 2 is 1.93 bits per heavy atom. The molecule has 2 nitrogen and oxygen atoms in total. The molecule has 0 atom stereocenters. The number of rotatable bonds is 2. The van der Waals surface area contributed by atoms with Gasteiger partial charge in [0.2, 0.25) is 0 Å². The molecule has 1 aromatic carbocycles. The Morgan fingerprint density at radius 1 is 1.33 bits per heavy atom. The summed E-state index contributed by atoms with van der Waals surface area (Å²) in [6.07, 6.45) is 0.868. The Balaban J connectivity index is 3.04. The van der Waals surface area contributed by atoms with Gasteiger partial charge >= 0.3 is 5.97 Å². The zero-order valence-corrected chi connectivity index (χ0v) is 10.8. The SMILES string of the molecule is CC(C)(C)Cc1cc(Br)cc(C(=O)O)c1. The van der Waals surface area contributed by atoms with E-state index in [1.165, 1.54) is 0 Å². The monoisotopic (exact) mass is 270 g/mol. The first kappa shape index (κ1) is 12.2. The number of hydrogen-bond donors (Lipinski definition) is 1. The molecule has 1 rings (SSSR count). The van der Waals surface area contributed by atoms with Crippen LogP contribution in [0.2, 0.25) is 0 Å². The molecule has 1 N–H and O–H groups in total. The highest BCUT2D eigenvalue weighted by molar-refractivity contribution is 9.10. The van der Waals surface area contributed by atoms with Crippen LogP contribution in [0.1, 0.15) is 36.7 Å². The number of aromatic carboxylic acids is 1. The standard InChI is InChI=1S/C12H15BrO2/c1-12(2,3)7-8-4-9(11(14)15)6-10(13)5-8/h4-6H,7H2,1-3H3,(H,14,15). The van der Waals surface area contributed by atoms with Crippen LogP contribution in [-0.2, 0) is 6.42 Å². The Bertz CT molecular complexity index is 378. The fourth-order valence-electron chi connectivity index (χ4n) is 1.49. The largest absolute Gasteiger partial charge is 0.478 e. The Hall–Kier alpha value is -0.830. The van der Waals surface area contributed by atoms with Crippen LogP contribution in [-0.4, -0.2) is 11.1 Å². The molecule has 0 saturated carbocycles. The summed E-state index contributed by atoms with van der Waals surface area (Å²) >= 11 is 3.33. The fraction of sp³-hybridized carbons (Fsp3) is 0.417. The summed E-state index contributed by atoms with van der Waals surface area (Å²) in [5.41, 5.74) is 1.55. The molecule has 0 bridgehead atoms. The smallest absolute Gasteiger partial charge is 0.335 e. The number of carboxylic acid groups (broad SMARTS) is 1. The van der Waals surface area contributed by atoms with Crippen molar-refractivity contribution in [1.29, 1.82) is 0 Å². The minimum Gasteiger partial charge on any atom is -0.478 e. The van der Waals surface area contributed by atoms with Crippen LogP contribution < -0.4 is 0 Å². The van der Waals surface area contributed by atoms with Crippen LogP contribution in [0.15, 0.2) is 22.7 Å². The highest BCUT2D eigenvalue weighted by Gasteiger charge is 2.13. The molecule has 0 amide bonds. The maximum atomic E-state index is 10.9. The summed E-state index contributed by atoms with van der Waals surface area (Å²) in [7, 11) is 0. The minimum atomic E-state index is -0.883. The first-order chi connectivity index (χ1) is 6.78. The van der Waals surface area contributed by atoms with Gasteiger partial charge in [-0.15, -0.1) is 0 Å². The second-order valence-electron chi connectivity index (χ2n) is 4.89. The van der Waals surface area contributed by atoms with Gasteiger partial charge in [-0.1, -0.05) is 36.7 Å². The van der Waals surface area contributed by atoms with E-state index in [2.05, 4.69) is 36.7 Å². The van der Waals surface area contributed by atoms with E-state index in [1.54, 1.807) is 12.1 Å². The average molecular weight is 271 g/mol. The molecule has 0 radical (unpaired) electrons. The summed E-state index contributed by atoms with van der Waals surface area (Å²) in [5.74, 6) is -0.883. The van der Waals surface area contributed by atoms with Gasteiger partial charge in [-0.3, -0.25) is 0 Å². The number of halogens is 1. The normalized spacial score (nSPS) is 11.5. The van der Waals surface area contributed by atoms with Crippen LogP contribution in [0, 0.1) is 5.41 Å². The number of benzene rings is 1. The molecule has 0 spiro atoms. The topological polar surface area (TPSA) is 37.3 Å². The first-order valence-electron chi connectivity index (χ1n) is 4.81. The molecule has 0 saturated heterocycles. The Kier molecular flexibility index (Phi) is 3.55. The Labute approximate surface area is 98.4 Å². The lowest BCUT2D eigenvalue weighted by Crippen LogP contribution is -2.10. The van der Waals surface area contributed by atoms with Gasteiger partial charge in [0.25, 0.3) is 0 Å². The zero-order valence-electron chi connectivity index (χ0n) is 9.17. The zero-order chi connectivity index (χ0) is 11.6. The third-order valence-corrected chi connectivity index (χ3v) is 2.40. The lowest BCUT2D eigenvalue weighted by molar-refractivity contribution is 0.0696. The average Bonchev–Trinajstić information content (AvgIpc) is 1.99. The van der Waals surface area contributed by atoms with Crippen molar-refractivity contribution in [2.24, 2.45) is 5.41 Å². The van der Waals surface area contributed by atoms with Gasteiger partial charge in [-0.05, 0) is 35.6 Å². The predicted octanol–water partition coefficient (Wildman–Crippen LogP) is 3.74. The summed E-state index contributed by atoms with van der Waals surface area (Å²) < 4.78 is 0.821. The summed E-state index contributed by atoms with van der Waals surface area (Å²) in [4.78, 5) is 10.9. The molecule has 82 valence electrons. The fourth-order valence-corrected chi connectivity index (χ4v) is 2.03. The Morgan fingerprint density at radius 3 is 2.40 bits per heavy atom. The van der Waals surface area contributed by atoms with Crippen LogP contribution >= 0.6 is 15.9 Å². The van der Waals surface area contributed by atoms with Crippen molar-refractivity contribution in [2.75, 3.05) is 0 Å². The number of carbonyl (C=O) groups is 1. The number of carboxylic acids is 1. The van der Waals surface area contributed by atoms with Crippen molar-refractivity contribution in [3.05, 3.63) is 33.8 Å². The second kappa shape index (κ2) is 4.35. The molecule has 3 heteroatoms. The van der Waals surface area contributed by atoms with Gasteiger partial charge in [0.15, 0.2) is 0 Å². The van der Waals surface area contributed by atoms with Gasteiger partial charge < -0.3 is 5.11 Å². The highest BCUT2D eigenvalue weighted by Crippen LogP contribution is 2.24. The van der Waals surface area contributed by atoms with Crippen LogP contribution in [0.4, 0.5) is 0 Å². The maximum absolute atomic E-state index is 10.9. The molecule has 0 fully saturated rings.